The van der Waals surface area contributed by atoms with Crippen LogP contribution < -0.4 is 0 Å². The molecule has 2 heterocycles. The van der Waals surface area contributed by atoms with E-state index in [1.54, 1.807) is 0 Å². The highest BCUT2D eigenvalue weighted by atomic mass is 15.1. The van der Waals surface area contributed by atoms with E-state index in [1.165, 1.54) is 22.2 Å². The van der Waals surface area contributed by atoms with Crippen molar-refractivity contribution in [2.45, 2.75) is 12.8 Å². The lowest BCUT2D eigenvalue weighted by Crippen LogP contribution is -2.01. The summed E-state index contributed by atoms with van der Waals surface area (Å²) in [4.78, 5) is 9.57. The van der Waals surface area contributed by atoms with Crippen LogP contribution in [-0.2, 0) is 26.9 Å². The average Bonchev–Trinajstić information content (AvgIpc) is 3.21. The van der Waals surface area contributed by atoms with E-state index < -0.39 is 0 Å². The van der Waals surface area contributed by atoms with E-state index in [-0.39, 0.29) is 0 Å². The molecule has 0 aliphatic carbocycles. The lowest BCUT2D eigenvalue weighted by Gasteiger charge is -2.06. The molecule has 5 aromatic rings. The fourth-order valence-electron chi connectivity index (χ4n) is 3.85. The van der Waals surface area contributed by atoms with Crippen LogP contribution >= 0.6 is 0 Å². The van der Waals surface area contributed by atoms with Crippen molar-refractivity contribution in [1.82, 2.24) is 19.1 Å². The maximum Gasteiger partial charge on any atom is 0.114 e. The van der Waals surface area contributed by atoms with Crippen molar-refractivity contribution in [3.8, 4) is 0 Å². The predicted octanol–water partition coefficient (Wildman–Crippen LogP) is 4.64. The van der Waals surface area contributed by atoms with E-state index in [9.17, 15) is 0 Å². The lowest BCUT2D eigenvalue weighted by atomic mass is 10.1. The van der Waals surface area contributed by atoms with Gasteiger partial charge in [0.25, 0.3) is 0 Å². The van der Waals surface area contributed by atoms with Crippen molar-refractivity contribution >= 4 is 22.1 Å². The summed E-state index contributed by atoms with van der Waals surface area (Å²) in [6, 6.07) is 25.4. The molecule has 0 radical (unpaired) electrons. The van der Waals surface area contributed by atoms with Crippen LogP contribution in [0.4, 0.5) is 0 Å². The summed E-state index contributed by atoms with van der Waals surface area (Å²) < 4.78 is 4.37. The fraction of sp³-hybridized carbons (Fsp3) is 0.167. The van der Waals surface area contributed by atoms with E-state index >= 15 is 0 Å². The molecule has 28 heavy (non-hydrogen) atoms. The molecule has 0 saturated heterocycles. The summed E-state index contributed by atoms with van der Waals surface area (Å²) in [6.07, 6.45) is 1.66. The van der Waals surface area contributed by atoms with Crippen LogP contribution in [0, 0.1) is 0 Å². The molecule has 0 N–H and O–H groups in total. The lowest BCUT2D eigenvalue weighted by molar-refractivity contribution is 0.839. The van der Waals surface area contributed by atoms with Gasteiger partial charge >= 0.3 is 0 Å². The summed E-state index contributed by atoms with van der Waals surface area (Å²) >= 11 is 0. The molecule has 0 aliphatic heterocycles. The quantitative estimate of drug-likeness (QED) is 0.464. The molecule has 0 spiro atoms. The van der Waals surface area contributed by atoms with Crippen molar-refractivity contribution in [2.75, 3.05) is 0 Å². The van der Waals surface area contributed by atoms with E-state index in [4.69, 9.17) is 9.97 Å². The minimum Gasteiger partial charge on any atom is -0.331 e. The Bertz CT molecular complexity index is 1170. The summed E-state index contributed by atoms with van der Waals surface area (Å²) in [7, 11) is 4.18. The van der Waals surface area contributed by atoms with Gasteiger partial charge in [0.15, 0.2) is 0 Å². The molecule has 0 aliphatic rings. The molecular formula is C24H22N4. The first kappa shape index (κ1) is 16.8. The Hall–Kier alpha value is -3.40. The van der Waals surface area contributed by atoms with Crippen molar-refractivity contribution in [2.24, 2.45) is 14.1 Å². The average molecular weight is 366 g/mol. The van der Waals surface area contributed by atoms with E-state index in [1.807, 2.05) is 12.1 Å². The van der Waals surface area contributed by atoms with Gasteiger partial charge in [0.05, 0.1) is 22.1 Å². The zero-order chi connectivity index (χ0) is 19.1. The van der Waals surface area contributed by atoms with E-state index in [0.29, 0.717) is 0 Å². The standard InChI is InChI=1S/C24H22N4/c1-27-21-9-5-3-7-19(21)25-23(27)15-17-11-13-18(14-12-17)16-24-26-20-8-4-6-10-22(20)28(24)2/h3-14H,15-16H2,1-2H3. The Morgan fingerprint density at radius 3 is 1.36 bits per heavy atom. The molecule has 5 rings (SSSR count). The molecule has 0 bridgehead atoms. The molecule has 0 unspecified atom stereocenters. The topological polar surface area (TPSA) is 35.6 Å². The van der Waals surface area contributed by atoms with Crippen LogP contribution in [0.25, 0.3) is 22.1 Å². The normalized spacial score (nSPS) is 11.5. The fourth-order valence-corrected chi connectivity index (χ4v) is 3.85. The minimum absolute atomic E-state index is 0.831. The van der Waals surface area contributed by atoms with Gasteiger partial charge in [0.1, 0.15) is 11.6 Å². The molecule has 0 fully saturated rings. The van der Waals surface area contributed by atoms with Crippen molar-refractivity contribution < 1.29 is 0 Å². The molecule has 3 aromatic carbocycles. The third-order valence-electron chi connectivity index (χ3n) is 5.51. The van der Waals surface area contributed by atoms with Gasteiger partial charge in [0, 0.05) is 26.9 Å². The number of aryl methyl sites for hydroxylation is 2. The number of para-hydroxylation sites is 4. The predicted molar refractivity (Wildman–Crippen MR) is 113 cm³/mol. The number of hydrogen-bond donors (Lipinski definition) is 0. The number of nitrogens with zero attached hydrogens (tertiary/aromatic N) is 4. The highest BCUT2D eigenvalue weighted by Gasteiger charge is 2.10. The van der Waals surface area contributed by atoms with Crippen molar-refractivity contribution in [3.63, 3.8) is 0 Å². The Balaban J connectivity index is 1.37. The van der Waals surface area contributed by atoms with Gasteiger partial charge in [-0.15, -0.1) is 0 Å². The van der Waals surface area contributed by atoms with Crippen molar-refractivity contribution in [1.29, 1.82) is 0 Å². The number of hydrogen-bond acceptors (Lipinski definition) is 2. The Labute approximate surface area is 164 Å². The van der Waals surface area contributed by atoms with Crippen LogP contribution in [0.2, 0.25) is 0 Å². The molecule has 2 aromatic heterocycles. The molecular weight excluding hydrogens is 344 g/mol. The largest absolute Gasteiger partial charge is 0.331 e. The Morgan fingerprint density at radius 2 is 0.964 bits per heavy atom. The van der Waals surface area contributed by atoms with Gasteiger partial charge in [-0.2, -0.15) is 0 Å². The number of imidazole rings is 2. The van der Waals surface area contributed by atoms with E-state index in [0.717, 1.165) is 35.5 Å². The number of benzene rings is 3. The maximum absolute atomic E-state index is 4.78. The SMILES string of the molecule is Cn1c(Cc2ccc(Cc3nc4ccccc4n3C)cc2)nc2ccccc21. The second kappa shape index (κ2) is 6.64. The van der Waals surface area contributed by atoms with Crippen molar-refractivity contribution in [3.05, 3.63) is 95.6 Å². The maximum atomic E-state index is 4.78. The third-order valence-corrected chi connectivity index (χ3v) is 5.51. The smallest absolute Gasteiger partial charge is 0.114 e. The summed E-state index contributed by atoms with van der Waals surface area (Å²) in [5, 5.41) is 0. The highest BCUT2D eigenvalue weighted by molar-refractivity contribution is 5.76. The van der Waals surface area contributed by atoms with Gasteiger partial charge in [-0.3, -0.25) is 0 Å². The molecule has 0 amide bonds. The first-order chi connectivity index (χ1) is 13.7. The number of fused-ring (bicyclic) bond motifs is 2. The van der Waals surface area contributed by atoms with Gasteiger partial charge in [-0.1, -0.05) is 48.5 Å². The Kier molecular flexibility index (Phi) is 3.97. The first-order valence-corrected chi connectivity index (χ1v) is 9.57. The van der Waals surface area contributed by atoms with Gasteiger partial charge in [-0.05, 0) is 35.4 Å². The van der Waals surface area contributed by atoms with Crippen LogP contribution in [0.5, 0.6) is 0 Å². The molecule has 138 valence electrons. The minimum atomic E-state index is 0.831. The van der Waals surface area contributed by atoms with Crippen LogP contribution in [0.3, 0.4) is 0 Å². The second-order valence-corrected chi connectivity index (χ2v) is 7.32. The van der Waals surface area contributed by atoms with Gasteiger partial charge in [0.2, 0.25) is 0 Å². The monoisotopic (exact) mass is 366 g/mol. The zero-order valence-electron chi connectivity index (χ0n) is 16.1. The second-order valence-electron chi connectivity index (χ2n) is 7.32. The van der Waals surface area contributed by atoms with Gasteiger partial charge < -0.3 is 9.13 Å². The first-order valence-electron chi connectivity index (χ1n) is 9.57. The Morgan fingerprint density at radius 1 is 0.571 bits per heavy atom. The number of rotatable bonds is 4. The molecule has 0 atom stereocenters. The highest BCUT2D eigenvalue weighted by Crippen LogP contribution is 2.19. The summed E-state index contributed by atoms with van der Waals surface area (Å²) in [5.41, 5.74) is 7.00. The van der Waals surface area contributed by atoms with Crippen LogP contribution in [0.1, 0.15) is 22.8 Å². The van der Waals surface area contributed by atoms with E-state index in [2.05, 4.69) is 83.9 Å². The van der Waals surface area contributed by atoms with Crippen LogP contribution in [-0.4, -0.2) is 19.1 Å². The molecule has 0 saturated carbocycles. The summed E-state index contributed by atoms with van der Waals surface area (Å²) in [6.45, 7) is 0. The third kappa shape index (κ3) is 2.87. The van der Waals surface area contributed by atoms with Gasteiger partial charge in [-0.25, -0.2) is 9.97 Å². The molecule has 4 nitrogen and oxygen atoms in total. The molecule has 4 heteroatoms. The zero-order valence-corrected chi connectivity index (χ0v) is 16.1. The van der Waals surface area contributed by atoms with Crippen LogP contribution in [0.15, 0.2) is 72.8 Å². The number of aromatic nitrogens is 4. The summed E-state index contributed by atoms with van der Waals surface area (Å²) in [5.74, 6) is 2.17.